The third-order valence-electron chi connectivity index (χ3n) is 18.6. The summed E-state index contributed by atoms with van der Waals surface area (Å²) in [6.45, 7) is 6.77. The van der Waals surface area contributed by atoms with Crippen LogP contribution in [0.4, 0.5) is 0 Å². The molecule has 0 aromatic heterocycles. The van der Waals surface area contributed by atoms with Crippen molar-refractivity contribution in [3.63, 3.8) is 0 Å². The highest BCUT2D eigenvalue weighted by atomic mass is 32.2. The van der Waals surface area contributed by atoms with Gasteiger partial charge < -0.3 is 74.5 Å². The summed E-state index contributed by atoms with van der Waals surface area (Å²) in [6, 6.07) is -7.86. The molecule has 0 aliphatic carbocycles. The first kappa shape index (κ1) is 96.4. The minimum absolute atomic E-state index is 0.0388. The second kappa shape index (κ2) is 69.7. The van der Waals surface area contributed by atoms with Crippen LogP contribution in [0.3, 0.4) is 0 Å². The minimum Gasteiger partial charge on any atom is -0.480 e. The molecule has 0 rings (SSSR count). The fourth-order valence-electron chi connectivity index (χ4n) is 12.1. The van der Waals surface area contributed by atoms with Crippen LogP contribution in [0.25, 0.3) is 0 Å². The number of ether oxygens (including phenoxy) is 2. The van der Waals surface area contributed by atoms with E-state index in [0.717, 1.165) is 64.2 Å². The number of hydrogen-bond donors (Lipinski definition) is 12. The molecule has 7 atom stereocenters. The van der Waals surface area contributed by atoms with Crippen LogP contribution in [0, 0.1) is 0 Å². The summed E-state index contributed by atoms with van der Waals surface area (Å²) in [5.41, 5.74) is 23.1. The van der Waals surface area contributed by atoms with E-state index in [0.29, 0.717) is 83.7 Å². The molecule has 0 saturated heterocycles. The number of carbonyl (C=O) groups is 9. The van der Waals surface area contributed by atoms with E-state index in [9.17, 15) is 53.4 Å². The van der Waals surface area contributed by atoms with Crippen molar-refractivity contribution in [2.75, 3.05) is 50.9 Å². The number of hydrogen-bond acceptors (Lipinski definition) is 17. The molecular formula is C77H148N10O13S. The van der Waals surface area contributed by atoms with Crippen molar-refractivity contribution >= 4 is 65.1 Å². The fraction of sp³-hybridized carbons (Fsp3) is 0.883. The summed E-state index contributed by atoms with van der Waals surface area (Å²) in [6.07, 6.45) is 43.2. The lowest BCUT2D eigenvalue weighted by Crippen LogP contribution is -2.60. The van der Waals surface area contributed by atoms with Gasteiger partial charge in [-0.2, -0.15) is 11.8 Å². The summed E-state index contributed by atoms with van der Waals surface area (Å²) < 4.78 is 11.7. The number of nitrogens with one attached hydrogen (secondary N) is 6. The van der Waals surface area contributed by atoms with Crippen LogP contribution >= 0.6 is 11.8 Å². The first-order valence-electron chi connectivity index (χ1n) is 40.4. The fourth-order valence-corrected chi connectivity index (χ4v) is 13.2. The molecule has 0 aliphatic heterocycles. The lowest BCUT2D eigenvalue weighted by Gasteiger charge is -2.27. The van der Waals surface area contributed by atoms with Gasteiger partial charge in [-0.3, -0.25) is 38.4 Å². The van der Waals surface area contributed by atoms with Crippen LogP contribution in [0.5, 0.6) is 0 Å². The highest BCUT2D eigenvalue weighted by Crippen LogP contribution is 2.19. The van der Waals surface area contributed by atoms with Gasteiger partial charge >= 0.3 is 17.9 Å². The molecule has 0 saturated carbocycles. The first-order valence-corrected chi connectivity index (χ1v) is 41.6. The molecule has 590 valence electrons. The number of aliphatic carboxylic acids is 1. The Labute approximate surface area is 615 Å². The highest BCUT2D eigenvalue weighted by molar-refractivity contribution is 7.99. The van der Waals surface area contributed by atoms with Crippen molar-refractivity contribution in [2.45, 2.75) is 384 Å². The van der Waals surface area contributed by atoms with Gasteiger partial charge in [0.05, 0.1) is 6.61 Å². The second-order valence-corrected chi connectivity index (χ2v) is 29.1. The van der Waals surface area contributed by atoms with Crippen LogP contribution in [-0.4, -0.2) is 157 Å². The quantitative estimate of drug-likeness (QED) is 0.0199. The van der Waals surface area contributed by atoms with Crippen molar-refractivity contribution in [1.29, 1.82) is 0 Å². The Bertz CT molecular complexity index is 2100. The Morgan fingerprint density at radius 1 is 0.327 bits per heavy atom. The highest BCUT2D eigenvalue weighted by Gasteiger charge is 2.34. The molecule has 0 aromatic rings. The van der Waals surface area contributed by atoms with Gasteiger partial charge in [0.2, 0.25) is 35.4 Å². The number of rotatable bonds is 74. The Morgan fingerprint density at radius 2 is 0.614 bits per heavy atom. The number of esters is 2. The number of unbranched alkanes of at least 4 members (excludes halogenated alkanes) is 36. The molecule has 6 amide bonds. The maximum atomic E-state index is 14.5. The topological polar surface area (TPSA) is 389 Å². The van der Waals surface area contributed by atoms with E-state index in [2.05, 4.69) is 52.7 Å². The summed E-state index contributed by atoms with van der Waals surface area (Å²) in [7, 11) is 0. The van der Waals surface area contributed by atoms with Gasteiger partial charge in [-0.15, -0.1) is 0 Å². The van der Waals surface area contributed by atoms with E-state index in [1.807, 2.05) is 0 Å². The van der Waals surface area contributed by atoms with Crippen molar-refractivity contribution in [2.24, 2.45) is 22.9 Å². The molecule has 0 spiro atoms. The average Bonchev–Trinajstić information content (AvgIpc) is 0.876. The molecule has 0 heterocycles. The van der Waals surface area contributed by atoms with Crippen LogP contribution < -0.4 is 54.8 Å². The number of amides is 6. The molecule has 0 radical (unpaired) electrons. The van der Waals surface area contributed by atoms with Crippen LogP contribution in [-0.2, 0) is 52.6 Å². The van der Waals surface area contributed by atoms with Gasteiger partial charge in [-0.05, 0) is 122 Å². The SMILES string of the molecule is CCCCCCCCCCCCCCCC(=O)N[C@@H](CSCC(COC(=O)CCCCCCCCCCCCC)OC(=O)CCCCCCCCCCCCC)C(=O)N[C@@H](CO)C(=O)N[C@@H](CCCCN)C(=O)N[C@@H](CCCCN)C(=O)N[C@@H](CCCCN)C(=O)N[C@@H](CCCCN)C(=O)O. The van der Waals surface area contributed by atoms with Gasteiger partial charge in [0.25, 0.3) is 0 Å². The van der Waals surface area contributed by atoms with E-state index in [-0.39, 0.29) is 76.1 Å². The molecule has 0 bridgehead atoms. The normalized spacial score (nSPS) is 13.4. The number of aliphatic hydroxyl groups excluding tert-OH is 1. The summed E-state index contributed by atoms with van der Waals surface area (Å²) in [4.78, 5) is 124. The minimum atomic E-state index is -1.62. The number of thioether (sulfide) groups is 1. The molecule has 0 aromatic carbocycles. The maximum absolute atomic E-state index is 14.5. The molecule has 16 N–H and O–H groups in total. The van der Waals surface area contributed by atoms with E-state index in [4.69, 9.17) is 32.4 Å². The van der Waals surface area contributed by atoms with Gasteiger partial charge in [0, 0.05) is 30.8 Å². The Balaban J connectivity index is 6.65. The number of nitrogens with two attached hydrogens (primary N) is 4. The van der Waals surface area contributed by atoms with Gasteiger partial charge in [0.15, 0.2) is 0 Å². The zero-order valence-electron chi connectivity index (χ0n) is 63.7. The first-order chi connectivity index (χ1) is 49.0. The predicted octanol–water partition coefficient (Wildman–Crippen LogP) is 11.6. The Hall–Kier alpha value is -4.62. The number of carboxylic acids is 1. The average molecular weight is 1450 g/mol. The maximum Gasteiger partial charge on any atom is 0.326 e. The zero-order valence-corrected chi connectivity index (χ0v) is 64.5. The largest absolute Gasteiger partial charge is 0.480 e. The molecule has 0 aliphatic rings. The van der Waals surface area contributed by atoms with E-state index in [1.165, 1.54) is 153 Å². The van der Waals surface area contributed by atoms with E-state index in [1.54, 1.807) is 0 Å². The van der Waals surface area contributed by atoms with Crippen LogP contribution in [0.15, 0.2) is 0 Å². The van der Waals surface area contributed by atoms with E-state index >= 15 is 0 Å². The van der Waals surface area contributed by atoms with Crippen molar-refractivity contribution in [3.8, 4) is 0 Å². The van der Waals surface area contributed by atoms with Crippen molar-refractivity contribution in [3.05, 3.63) is 0 Å². The summed E-state index contributed by atoms with van der Waals surface area (Å²) in [5.74, 6) is -6.36. The van der Waals surface area contributed by atoms with Crippen molar-refractivity contribution in [1.82, 2.24) is 31.9 Å². The number of carboxylic acid groups (broad SMARTS) is 1. The molecular weight excluding hydrogens is 1300 g/mol. The lowest BCUT2D eigenvalue weighted by atomic mass is 10.0. The predicted molar refractivity (Wildman–Crippen MR) is 409 cm³/mol. The number of aliphatic hydroxyl groups is 1. The monoisotopic (exact) mass is 1450 g/mol. The lowest BCUT2D eigenvalue weighted by molar-refractivity contribution is -0.157. The molecule has 24 heteroatoms. The third kappa shape index (κ3) is 56.5. The van der Waals surface area contributed by atoms with Gasteiger partial charge in [-0.25, -0.2) is 4.79 Å². The molecule has 1 unspecified atom stereocenters. The molecule has 23 nitrogen and oxygen atoms in total. The van der Waals surface area contributed by atoms with E-state index < -0.39 is 102 Å². The summed E-state index contributed by atoms with van der Waals surface area (Å²) in [5, 5.41) is 36.8. The molecule has 0 fully saturated rings. The summed E-state index contributed by atoms with van der Waals surface area (Å²) >= 11 is 1.20. The Morgan fingerprint density at radius 3 is 0.950 bits per heavy atom. The zero-order chi connectivity index (χ0) is 74.6. The van der Waals surface area contributed by atoms with Crippen LogP contribution in [0.2, 0.25) is 0 Å². The van der Waals surface area contributed by atoms with Crippen LogP contribution in [0.1, 0.15) is 342 Å². The standard InChI is InChI=1S/C77H148N10O13S/c1-4-7-10-13-16-19-22-23-26-27-30-33-36-51-69(89)82-68(61-101-60-62(100-71(91)53-38-35-32-29-25-21-18-15-12-9-6-3)59-99-70(90)52-37-34-31-28-24-20-17-14-11-8-5-2)76(96)87-67(58-88)75(95)85-64(48-40-44-55-79)73(93)83-63(47-39-43-54-78)72(92)84-65(49-41-45-56-80)74(94)86-66(77(97)98)50-42-46-57-81/h62-68,88H,4-61,78-81H2,1-3H3,(H,82,89)(H,83,93)(H,84,92)(H,85,95)(H,86,94)(H,87,96)(H,97,98)/t62?,63-,64-,65-,66-,67-,68-/m0/s1. The Kier molecular flexibility index (Phi) is 66.5. The number of carbonyl (C=O) groups excluding carboxylic acids is 8. The van der Waals surface area contributed by atoms with Gasteiger partial charge in [0.1, 0.15) is 49.0 Å². The molecule has 101 heavy (non-hydrogen) atoms. The van der Waals surface area contributed by atoms with Gasteiger partial charge in [-0.1, -0.05) is 226 Å². The smallest absolute Gasteiger partial charge is 0.326 e. The second-order valence-electron chi connectivity index (χ2n) is 28.0. The van der Waals surface area contributed by atoms with Crippen molar-refractivity contribution < 1.29 is 62.8 Å². The third-order valence-corrected chi connectivity index (χ3v) is 19.7.